The molecule has 0 bridgehead atoms. The average molecular weight is 418 g/mol. The Bertz CT molecular complexity index is 1110. The van der Waals surface area contributed by atoms with Crippen LogP contribution in [-0.4, -0.2) is 35.6 Å². The minimum atomic E-state index is -3.87. The standard InChI is InChI=1S/C18H16ClN5O3S/c19-13-3-8-17(24-12-20-11-21-24)16(10-13)22-28(26,27)15-6-4-14(5-7-15)23-9-1-2-18(23)25/h3-8,10-12,22H,1-2,9H2. The molecule has 8 nitrogen and oxygen atoms in total. The van der Waals surface area contributed by atoms with Crippen molar-refractivity contribution in [1.29, 1.82) is 0 Å². The van der Waals surface area contributed by atoms with Crippen LogP contribution in [0.3, 0.4) is 0 Å². The molecule has 0 atom stereocenters. The molecule has 1 saturated heterocycles. The van der Waals surface area contributed by atoms with Crippen LogP contribution in [0.2, 0.25) is 5.02 Å². The first-order chi connectivity index (χ1) is 13.4. The van der Waals surface area contributed by atoms with E-state index in [4.69, 9.17) is 11.6 Å². The van der Waals surface area contributed by atoms with Gasteiger partial charge in [-0.3, -0.25) is 9.52 Å². The van der Waals surface area contributed by atoms with Crippen LogP contribution in [0.4, 0.5) is 11.4 Å². The highest BCUT2D eigenvalue weighted by Gasteiger charge is 2.23. The molecule has 1 aliphatic heterocycles. The quantitative estimate of drug-likeness (QED) is 0.688. The third-order valence-corrected chi connectivity index (χ3v) is 6.02. The summed E-state index contributed by atoms with van der Waals surface area (Å²) < 4.78 is 29.7. The Hall–Kier alpha value is -2.91. The molecule has 1 aromatic heterocycles. The summed E-state index contributed by atoms with van der Waals surface area (Å²) in [6, 6.07) is 11.0. The molecule has 1 N–H and O–H groups in total. The number of carbonyl (C=O) groups is 1. The van der Waals surface area contributed by atoms with Crippen LogP contribution in [-0.2, 0) is 14.8 Å². The van der Waals surface area contributed by atoms with E-state index in [2.05, 4.69) is 14.8 Å². The van der Waals surface area contributed by atoms with E-state index in [0.29, 0.717) is 29.4 Å². The number of nitrogens with zero attached hydrogens (tertiary/aromatic N) is 4. The lowest BCUT2D eigenvalue weighted by Crippen LogP contribution is -2.23. The Morgan fingerprint density at radius 2 is 1.89 bits per heavy atom. The van der Waals surface area contributed by atoms with Crippen LogP contribution in [0, 0.1) is 0 Å². The van der Waals surface area contributed by atoms with Crippen LogP contribution in [0.25, 0.3) is 5.69 Å². The fraction of sp³-hybridized carbons (Fsp3) is 0.167. The molecule has 2 heterocycles. The zero-order chi connectivity index (χ0) is 19.7. The Morgan fingerprint density at radius 3 is 2.54 bits per heavy atom. The number of benzene rings is 2. The maximum absolute atomic E-state index is 12.9. The van der Waals surface area contributed by atoms with Crippen molar-refractivity contribution in [1.82, 2.24) is 14.8 Å². The molecule has 28 heavy (non-hydrogen) atoms. The van der Waals surface area contributed by atoms with Crippen LogP contribution in [0.1, 0.15) is 12.8 Å². The highest BCUT2D eigenvalue weighted by atomic mass is 35.5. The number of nitrogens with one attached hydrogen (secondary N) is 1. The van der Waals surface area contributed by atoms with Gasteiger partial charge in [-0.05, 0) is 48.9 Å². The highest BCUT2D eigenvalue weighted by Crippen LogP contribution is 2.28. The van der Waals surface area contributed by atoms with E-state index in [1.54, 1.807) is 29.2 Å². The van der Waals surface area contributed by atoms with E-state index in [0.717, 1.165) is 6.42 Å². The molecule has 0 unspecified atom stereocenters. The first kappa shape index (κ1) is 18.5. The molecule has 0 spiro atoms. The monoisotopic (exact) mass is 417 g/mol. The minimum Gasteiger partial charge on any atom is -0.312 e. The molecule has 1 aliphatic rings. The van der Waals surface area contributed by atoms with E-state index in [1.807, 2.05) is 0 Å². The summed E-state index contributed by atoms with van der Waals surface area (Å²) in [5.41, 5.74) is 1.45. The molecule has 2 aromatic carbocycles. The van der Waals surface area contributed by atoms with E-state index in [1.165, 1.54) is 35.5 Å². The summed E-state index contributed by atoms with van der Waals surface area (Å²) in [4.78, 5) is 17.5. The Labute approximate surface area is 166 Å². The van der Waals surface area contributed by atoms with Gasteiger partial charge >= 0.3 is 0 Å². The smallest absolute Gasteiger partial charge is 0.261 e. The van der Waals surface area contributed by atoms with Crippen molar-refractivity contribution in [2.24, 2.45) is 0 Å². The van der Waals surface area contributed by atoms with Crippen LogP contribution in [0.5, 0.6) is 0 Å². The van der Waals surface area contributed by atoms with Crippen molar-refractivity contribution in [3.63, 3.8) is 0 Å². The summed E-state index contributed by atoms with van der Waals surface area (Å²) in [6.45, 7) is 0.646. The summed E-state index contributed by atoms with van der Waals surface area (Å²) in [5, 5.41) is 4.41. The number of amides is 1. The van der Waals surface area contributed by atoms with Crippen molar-refractivity contribution in [3.05, 3.63) is 60.1 Å². The predicted octanol–water partition coefficient (Wildman–Crippen LogP) is 2.85. The van der Waals surface area contributed by atoms with E-state index in [9.17, 15) is 13.2 Å². The summed E-state index contributed by atoms with van der Waals surface area (Å²) in [5.74, 6) is 0.0464. The van der Waals surface area contributed by atoms with Crippen LogP contribution >= 0.6 is 11.6 Å². The van der Waals surface area contributed by atoms with Gasteiger partial charge in [0.05, 0.1) is 16.3 Å². The third kappa shape index (κ3) is 3.58. The summed E-state index contributed by atoms with van der Waals surface area (Å²) in [6.07, 6.45) is 4.13. The second-order valence-corrected chi connectivity index (χ2v) is 8.37. The molecular weight excluding hydrogens is 402 g/mol. The van der Waals surface area contributed by atoms with Crippen molar-refractivity contribution >= 4 is 38.9 Å². The molecule has 144 valence electrons. The first-order valence-electron chi connectivity index (χ1n) is 8.52. The second kappa shape index (κ2) is 7.25. The number of anilines is 2. The number of aromatic nitrogens is 3. The van der Waals surface area contributed by atoms with E-state index >= 15 is 0 Å². The third-order valence-electron chi connectivity index (χ3n) is 4.40. The fourth-order valence-corrected chi connectivity index (χ4v) is 4.29. The lowest BCUT2D eigenvalue weighted by molar-refractivity contribution is -0.117. The Balaban J connectivity index is 1.63. The zero-order valence-corrected chi connectivity index (χ0v) is 16.2. The molecule has 0 saturated carbocycles. The average Bonchev–Trinajstić information content (AvgIpc) is 3.33. The van der Waals surface area contributed by atoms with E-state index in [-0.39, 0.29) is 16.5 Å². The highest BCUT2D eigenvalue weighted by molar-refractivity contribution is 7.92. The second-order valence-electron chi connectivity index (χ2n) is 6.25. The summed E-state index contributed by atoms with van der Waals surface area (Å²) in [7, 11) is -3.87. The largest absolute Gasteiger partial charge is 0.312 e. The van der Waals surface area contributed by atoms with Gasteiger partial charge in [-0.1, -0.05) is 11.6 Å². The molecule has 1 amide bonds. The number of hydrogen-bond donors (Lipinski definition) is 1. The normalized spacial score (nSPS) is 14.5. The molecule has 4 rings (SSSR count). The number of rotatable bonds is 5. The van der Waals surface area contributed by atoms with Gasteiger partial charge in [-0.15, -0.1) is 0 Å². The number of hydrogen-bond acceptors (Lipinski definition) is 5. The fourth-order valence-electron chi connectivity index (χ4n) is 3.05. The van der Waals surface area contributed by atoms with Crippen molar-refractivity contribution in [2.45, 2.75) is 17.7 Å². The lowest BCUT2D eigenvalue weighted by atomic mass is 10.3. The van der Waals surface area contributed by atoms with Gasteiger partial charge in [0.2, 0.25) is 5.91 Å². The molecular formula is C18H16ClN5O3S. The Morgan fingerprint density at radius 1 is 1.11 bits per heavy atom. The first-order valence-corrected chi connectivity index (χ1v) is 10.4. The van der Waals surface area contributed by atoms with Gasteiger partial charge in [-0.25, -0.2) is 18.1 Å². The summed E-state index contributed by atoms with van der Waals surface area (Å²) >= 11 is 6.04. The minimum absolute atomic E-state index is 0.0464. The van der Waals surface area contributed by atoms with Crippen LogP contribution < -0.4 is 9.62 Å². The molecule has 10 heteroatoms. The van der Waals surface area contributed by atoms with Gasteiger partial charge in [0, 0.05) is 23.7 Å². The molecule has 0 radical (unpaired) electrons. The SMILES string of the molecule is O=C1CCCN1c1ccc(S(=O)(=O)Nc2cc(Cl)ccc2-n2cncn2)cc1. The van der Waals surface area contributed by atoms with Crippen molar-refractivity contribution in [2.75, 3.05) is 16.2 Å². The topological polar surface area (TPSA) is 97.2 Å². The molecule has 3 aromatic rings. The van der Waals surface area contributed by atoms with Gasteiger partial charge in [-0.2, -0.15) is 5.10 Å². The number of halogens is 1. The van der Waals surface area contributed by atoms with Crippen molar-refractivity contribution < 1.29 is 13.2 Å². The van der Waals surface area contributed by atoms with Gasteiger partial charge in [0.25, 0.3) is 10.0 Å². The maximum Gasteiger partial charge on any atom is 0.261 e. The van der Waals surface area contributed by atoms with Gasteiger partial charge in [0.1, 0.15) is 12.7 Å². The van der Waals surface area contributed by atoms with Crippen molar-refractivity contribution in [3.8, 4) is 5.69 Å². The van der Waals surface area contributed by atoms with Crippen LogP contribution in [0.15, 0.2) is 60.0 Å². The van der Waals surface area contributed by atoms with Gasteiger partial charge in [0.15, 0.2) is 0 Å². The molecule has 0 aliphatic carbocycles. The lowest BCUT2D eigenvalue weighted by Gasteiger charge is -2.16. The van der Waals surface area contributed by atoms with Gasteiger partial charge < -0.3 is 4.90 Å². The maximum atomic E-state index is 12.9. The number of sulfonamides is 1. The zero-order valence-electron chi connectivity index (χ0n) is 14.6. The number of carbonyl (C=O) groups excluding carboxylic acids is 1. The predicted molar refractivity (Wildman–Crippen MR) is 105 cm³/mol. The molecule has 1 fully saturated rings. The Kier molecular flexibility index (Phi) is 4.78. The van der Waals surface area contributed by atoms with E-state index < -0.39 is 10.0 Å².